The van der Waals surface area contributed by atoms with E-state index in [1.807, 2.05) is 24.3 Å². The van der Waals surface area contributed by atoms with Crippen molar-refractivity contribution in [3.05, 3.63) is 53.9 Å². The van der Waals surface area contributed by atoms with Gasteiger partial charge in [0.15, 0.2) is 11.5 Å². The van der Waals surface area contributed by atoms with Gasteiger partial charge in [-0.15, -0.1) is 0 Å². The van der Waals surface area contributed by atoms with Crippen molar-refractivity contribution in [1.29, 1.82) is 0 Å². The number of fused-ring (bicyclic) bond motifs is 2. The van der Waals surface area contributed by atoms with Crippen LogP contribution in [0.2, 0.25) is 0 Å². The minimum absolute atomic E-state index is 0.158. The Morgan fingerprint density at radius 3 is 2.96 bits per heavy atom. The van der Waals surface area contributed by atoms with Crippen LogP contribution in [0, 0.1) is 0 Å². The maximum absolute atomic E-state index is 12.8. The molecular formula is C19H19N3O3S. The average molecular weight is 369 g/mol. The monoisotopic (exact) mass is 369 g/mol. The Labute approximate surface area is 155 Å². The van der Waals surface area contributed by atoms with E-state index in [0.29, 0.717) is 17.1 Å². The number of aromatic amines is 1. The van der Waals surface area contributed by atoms with Gasteiger partial charge < -0.3 is 19.8 Å². The van der Waals surface area contributed by atoms with Gasteiger partial charge in [-0.25, -0.2) is 4.98 Å². The fourth-order valence-corrected chi connectivity index (χ4v) is 3.40. The van der Waals surface area contributed by atoms with Crippen LogP contribution >= 0.6 is 11.8 Å². The van der Waals surface area contributed by atoms with E-state index in [-0.39, 0.29) is 18.7 Å². The van der Waals surface area contributed by atoms with Crippen LogP contribution < -0.4 is 14.8 Å². The van der Waals surface area contributed by atoms with E-state index in [0.717, 1.165) is 29.0 Å². The first kappa shape index (κ1) is 16.8. The van der Waals surface area contributed by atoms with E-state index in [2.05, 4.69) is 21.5 Å². The number of para-hydroxylation sites is 2. The zero-order valence-corrected chi connectivity index (χ0v) is 15.1. The molecule has 0 radical (unpaired) electrons. The van der Waals surface area contributed by atoms with Crippen LogP contribution in [0.15, 0.2) is 42.5 Å². The molecular weight excluding hydrogens is 350 g/mol. The molecule has 134 valence electrons. The van der Waals surface area contributed by atoms with Gasteiger partial charge in [0.25, 0.3) is 5.91 Å². The maximum Gasteiger partial charge on any atom is 0.252 e. The molecule has 7 heteroatoms. The summed E-state index contributed by atoms with van der Waals surface area (Å²) >= 11 is 1.74. The molecule has 0 saturated heterocycles. The number of aromatic nitrogens is 2. The molecule has 26 heavy (non-hydrogen) atoms. The molecule has 2 aromatic carbocycles. The molecule has 2 N–H and O–H groups in total. The lowest BCUT2D eigenvalue weighted by molar-refractivity contribution is 0.0933. The molecule has 0 spiro atoms. The molecule has 4 rings (SSSR count). The van der Waals surface area contributed by atoms with Crippen molar-refractivity contribution in [3.63, 3.8) is 0 Å². The predicted molar refractivity (Wildman–Crippen MR) is 102 cm³/mol. The highest BCUT2D eigenvalue weighted by molar-refractivity contribution is 7.98. The minimum Gasteiger partial charge on any atom is -0.454 e. The number of benzene rings is 2. The number of amides is 1. The Balaban J connectivity index is 1.57. The Hall–Kier alpha value is -2.67. The lowest BCUT2D eigenvalue weighted by Crippen LogP contribution is -2.29. The third-order valence-corrected chi connectivity index (χ3v) is 4.93. The number of carbonyl (C=O) groups is 1. The molecule has 0 unspecified atom stereocenters. The first-order chi connectivity index (χ1) is 12.7. The molecule has 0 fully saturated rings. The SMILES string of the molecule is CSCC[C@@H](NC(=O)c1ccc2c(c1)OCO2)c1nc2ccccc2[nH]1. The van der Waals surface area contributed by atoms with Crippen molar-refractivity contribution < 1.29 is 14.3 Å². The van der Waals surface area contributed by atoms with Crippen molar-refractivity contribution in [3.8, 4) is 11.5 Å². The molecule has 1 amide bonds. The standard InChI is InChI=1S/C19H19N3O3S/c1-26-9-8-15(18-20-13-4-2-3-5-14(13)21-18)22-19(23)12-6-7-16-17(10-12)25-11-24-16/h2-7,10,15H,8-9,11H2,1H3,(H,20,21)(H,22,23)/t15-/m1/s1. The summed E-state index contributed by atoms with van der Waals surface area (Å²) in [7, 11) is 0. The van der Waals surface area contributed by atoms with Crippen molar-refractivity contribution >= 4 is 28.7 Å². The van der Waals surface area contributed by atoms with Gasteiger partial charge in [0, 0.05) is 5.56 Å². The summed E-state index contributed by atoms with van der Waals surface area (Å²) in [4.78, 5) is 20.7. The second-order valence-corrected chi connectivity index (χ2v) is 7.00. The number of H-pyrrole nitrogens is 1. The first-order valence-corrected chi connectivity index (χ1v) is 9.78. The molecule has 1 atom stereocenters. The number of thioether (sulfide) groups is 1. The van der Waals surface area contributed by atoms with Crippen molar-refractivity contribution in [2.24, 2.45) is 0 Å². The second-order valence-electron chi connectivity index (χ2n) is 6.01. The van der Waals surface area contributed by atoms with Gasteiger partial charge in [-0.1, -0.05) is 12.1 Å². The number of rotatable bonds is 6. The van der Waals surface area contributed by atoms with E-state index in [9.17, 15) is 4.79 Å². The van der Waals surface area contributed by atoms with Crippen LogP contribution in [0.25, 0.3) is 11.0 Å². The molecule has 0 saturated carbocycles. The number of ether oxygens (including phenoxy) is 2. The van der Waals surface area contributed by atoms with Gasteiger partial charge in [-0.2, -0.15) is 11.8 Å². The molecule has 1 aliphatic heterocycles. The number of hydrogen-bond donors (Lipinski definition) is 2. The molecule has 0 aliphatic carbocycles. The Morgan fingerprint density at radius 1 is 1.27 bits per heavy atom. The molecule has 0 bridgehead atoms. The molecule has 2 heterocycles. The molecule has 1 aliphatic rings. The van der Waals surface area contributed by atoms with E-state index >= 15 is 0 Å². The number of nitrogens with one attached hydrogen (secondary N) is 2. The van der Waals surface area contributed by atoms with Crippen molar-refractivity contribution in [2.75, 3.05) is 18.8 Å². The van der Waals surface area contributed by atoms with Gasteiger partial charge in [0.2, 0.25) is 6.79 Å². The Kier molecular flexibility index (Phi) is 4.71. The van der Waals surface area contributed by atoms with E-state index < -0.39 is 0 Å². The highest BCUT2D eigenvalue weighted by Crippen LogP contribution is 2.32. The molecule has 3 aromatic rings. The van der Waals surface area contributed by atoms with E-state index in [1.165, 1.54) is 0 Å². The number of imidazole rings is 1. The van der Waals surface area contributed by atoms with Gasteiger partial charge in [-0.05, 0) is 48.8 Å². The van der Waals surface area contributed by atoms with Gasteiger partial charge in [0.1, 0.15) is 5.82 Å². The highest BCUT2D eigenvalue weighted by Gasteiger charge is 2.21. The van der Waals surface area contributed by atoms with E-state index in [1.54, 1.807) is 30.0 Å². The lowest BCUT2D eigenvalue weighted by Gasteiger charge is -2.16. The van der Waals surface area contributed by atoms with Crippen LogP contribution in [0.1, 0.15) is 28.6 Å². The zero-order valence-electron chi connectivity index (χ0n) is 14.3. The normalized spacial score (nSPS) is 13.7. The van der Waals surface area contributed by atoms with Crippen molar-refractivity contribution in [2.45, 2.75) is 12.5 Å². The number of hydrogen-bond acceptors (Lipinski definition) is 5. The number of nitrogens with zero attached hydrogens (tertiary/aromatic N) is 1. The topological polar surface area (TPSA) is 76.2 Å². The second kappa shape index (κ2) is 7.29. The maximum atomic E-state index is 12.8. The van der Waals surface area contributed by atoms with Crippen LogP contribution in [-0.4, -0.2) is 34.7 Å². The summed E-state index contributed by atoms with van der Waals surface area (Å²) in [6, 6.07) is 12.9. The van der Waals surface area contributed by atoms with Crippen LogP contribution in [0.3, 0.4) is 0 Å². The number of carbonyl (C=O) groups excluding carboxylic acids is 1. The predicted octanol–water partition coefficient (Wildman–Crippen LogP) is 3.52. The van der Waals surface area contributed by atoms with Crippen LogP contribution in [0.5, 0.6) is 11.5 Å². The third kappa shape index (κ3) is 3.35. The molecule has 1 aromatic heterocycles. The summed E-state index contributed by atoms with van der Waals surface area (Å²) in [6.07, 6.45) is 2.84. The zero-order chi connectivity index (χ0) is 17.9. The quantitative estimate of drug-likeness (QED) is 0.695. The summed E-state index contributed by atoms with van der Waals surface area (Å²) in [5.41, 5.74) is 2.41. The average Bonchev–Trinajstić information content (AvgIpc) is 3.30. The van der Waals surface area contributed by atoms with E-state index in [4.69, 9.17) is 9.47 Å². The minimum atomic E-state index is -0.187. The summed E-state index contributed by atoms with van der Waals surface area (Å²) in [5, 5.41) is 3.09. The Bertz CT molecular complexity index is 908. The fraction of sp³-hybridized carbons (Fsp3) is 0.263. The summed E-state index contributed by atoms with van der Waals surface area (Å²) in [5.74, 6) is 2.80. The summed E-state index contributed by atoms with van der Waals surface area (Å²) < 4.78 is 10.7. The highest BCUT2D eigenvalue weighted by atomic mass is 32.2. The fourth-order valence-electron chi connectivity index (χ4n) is 2.93. The van der Waals surface area contributed by atoms with Crippen molar-refractivity contribution in [1.82, 2.24) is 15.3 Å². The smallest absolute Gasteiger partial charge is 0.252 e. The largest absolute Gasteiger partial charge is 0.454 e. The first-order valence-electron chi connectivity index (χ1n) is 8.38. The van der Waals surface area contributed by atoms with Crippen LogP contribution in [-0.2, 0) is 0 Å². The van der Waals surface area contributed by atoms with Gasteiger partial charge in [-0.3, -0.25) is 4.79 Å². The Morgan fingerprint density at radius 2 is 2.12 bits per heavy atom. The molecule has 6 nitrogen and oxygen atoms in total. The lowest BCUT2D eigenvalue weighted by atomic mass is 10.1. The van der Waals surface area contributed by atoms with Gasteiger partial charge in [0.05, 0.1) is 17.1 Å². The van der Waals surface area contributed by atoms with Gasteiger partial charge >= 0.3 is 0 Å². The van der Waals surface area contributed by atoms with Crippen LogP contribution in [0.4, 0.5) is 0 Å². The summed E-state index contributed by atoms with van der Waals surface area (Å²) in [6.45, 7) is 0.190. The third-order valence-electron chi connectivity index (χ3n) is 4.29.